The van der Waals surface area contributed by atoms with Crippen molar-refractivity contribution in [1.82, 2.24) is 4.98 Å². The Morgan fingerprint density at radius 2 is 1.53 bits per heavy atom. The normalized spacial score (nSPS) is 14.6. The molecular formula is C35H31GeNS. The summed E-state index contributed by atoms with van der Waals surface area (Å²) in [5.74, 6) is 4.94. The van der Waals surface area contributed by atoms with Crippen LogP contribution in [0.15, 0.2) is 90.0 Å². The molecule has 0 saturated heterocycles. The minimum Gasteiger partial charge on any atom is -0.0616 e. The number of hydrogen-bond donors (Lipinski definition) is 0. The minimum absolute atomic E-state index is 0.0438. The van der Waals surface area contributed by atoms with Crippen LogP contribution in [0.3, 0.4) is 0 Å². The molecular weight excluding hydrogens is 539 g/mol. The van der Waals surface area contributed by atoms with E-state index in [4.69, 9.17) is 4.98 Å². The van der Waals surface area contributed by atoms with Crippen LogP contribution in [-0.2, 0) is 5.41 Å². The van der Waals surface area contributed by atoms with Crippen LogP contribution in [0.25, 0.3) is 59.4 Å². The predicted molar refractivity (Wildman–Crippen MR) is 170 cm³/mol. The van der Waals surface area contributed by atoms with E-state index in [-0.39, 0.29) is 5.41 Å². The minimum atomic E-state index is -1.94. The van der Waals surface area contributed by atoms with E-state index >= 15 is 0 Å². The molecule has 7 rings (SSSR count). The Morgan fingerprint density at radius 3 is 2.37 bits per heavy atom. The summed E-state index contributed by atoms with van der Waals surface area (Å²) in [4.78, 5) is 7.44. The van der Waals surface area contributed by atoms with Crippen molar-refractivity contribution in [2.75, 3.05) is 0 Å². The van der Waals surface area contributed by atoms with E-state index in [0.29, 0.717) is 0 Å². The Labute approximate surface area is 231 Å². The van der Waals surface area contributed by atoms with Crippen molar-refractivity contribution in [2.45, 2.75) is 37.7 Å². The van der Waals surface area contributed by atoms with Crippen molar-refractivity contribution >= 4 is 66.0 Å². The molecule has 2 aromatic heterocycles. The molecule has 0 atom stereocenters. The number of rotatable bonds is 2. The molecule has 4 aromatic carbocycles. The zero-order chi connectivity index (χ0) is 26.2. The average Bonchev–Trinajstić information content (AvgIpc) is 3.43. The molecule has 0 amide bonds. The van der Waals surface area contributed by atoms with Gasteiger partial charge in [0.1, 0.15) is 0 Å². The Bertz CT molecular complexity index is 1930. The second kappa shape index (κ2) is 8.40. The van der Waals surface area contributed by atoms with E-state index in [9.17, 15) is 0 Å². The van der Waals surface area contributed by atoms with Gasteiger partial charge in [-0.15, -0.1) is 0 Å². The van der Waals surface area contributed by atoms with Gasteiger partial charge in [-0.2, -0.15) is 0 Å². The van der Waals surface area contributed by atoms with Gasteiger partial charge in [-0.3, -0.25) is 0 Å². The van der Waals surface area contributed by atoms with Gasteiger partial charge >= 0.3 is 165 Å². The third-order valence-electron chi connectivity index (χ3n) is 8.09. The third-order valence-corrected chi connectivity index (χ3v) is 15.2. The van der Waals surface area contributed by atoms with Crippen LogP contribution in [0.5, 0.6) is 0 Å². The summed E-state index contributed by atoms with van der Waals surface area (Å²) in [6, 6.07) is 29.6. The molecule has 1 aliphatic heterocycles. The van der Waals surface area contributed by atoms with Gasteiger partial charge < -0.3 is 0 Å². The molecule has 0 unspecified atom stereocenters. The van der Waals surface area contributed by atoms with Gasteiger partial charge in [-0.1, -0.05) is 45.0 Å². The molecule has 0 spiro atoms. The maximum absolute atomic E-state index is 4.94. The fourth-order valence-electron chi connectivity index (χ4n) is 6.01. The number of benzene rings is 4. The molecule has 6 aromatic rings. The van der Waals surface area contributed by atoms with Crippen molar-refractivity contribution < 1.29 is 0 Å². The van der Waals surface area contributed by atoms with E-state index in [1.165, 1.54) is 58.8 Å². The second-order valence-corrected chi connectivity index (χ2v) is 22.3. The van der Waals surface area contributed by atoms with Crippen LogP contribution < -0.4 is 4.40 Å². The van der Waals surface area contributed by atoms with Gasteiger partial charge in [0, 0.05) is 0 Å². The van der Waals surface area contributed by atoms with Gasteiger partial charge in [0.05, 0.1) is 0 Å². The summed E-state index contributed by atoms with van der Waals surface area (Å²) < 4.78 is 4.18. The Morgan fingerprint density at radius 1 is 0.737 bits per heavy atom. The zero-order valence-corrected chi connectivity index (χ0v) is 25.5. The summed E-state index contributed by atoms with van der Waals surface area (Å²) in [5.41, 5.74) is 7.69. The van der Waals surface area contributed by atoms with Crippen molar-refractivity contribution in [3.05, 3.63) is 101 Å². The molecule has 186 valence electrons. The van der Waals surface area contributed by atoms with E-state index < -0.39 is 13.3 Å². The third kappa shape index (κ3) is 3.77. The van der Waals surface area contributed by atoms with Crippen molar-refractivity contribution in [3.8, 4) is 22.4 Å². The fraction of sp³-hybridized carbons (Fsp3) is 0.171. The number of nitrogens with zero attached hydrogens (tertiary/aromatic N) is 1. The summed E-state index contributed by atoms with van der Waals surface area (Å²) in [6.07, 6.45) is 4.33. The van der Waals surface area contributed by atoms with Crippen molar-refractivity contribution in [1.29, 1.82) is 0 Å². The molecule has 0 radical (unpaired) electrons. The molecule has 0 N–H and O–H groups in total. The van der Waals surface area contributed by atoms with Crippen molar-refractivity contribution in [2.24, 2.45) is 0 Å². The number of fused-ring (bicyclic) bond motifs is 5. The molecule has 0 aliphatic carbocycles. The first kappa shape index (κ1) is 23.9. The number of thiophene rings is 1. The quantitative estimate of drug-likeness (QED) is 0.189. The average molecular weight is 570 g/mol. The maximum atomic E-state index is 4.94. The van der Waals surface area contributed by atoms with E-state index in [1.54, 1.807) is 4.40 Å². The predicted octanol–water partition coefficient (Wildman–Crippen LogP) is 9.72. The summed E-state index contributed by atoms with van der Waals surface area (Å²) >= 11 is -0.0719. The van der Waals surface area contributed by atoms with Crippen LogP contribution in [-0.4, -0.2) is 18.3 Å². The van der Waals surface area contributed by atoms with Crippen molar-refractivity contribution in [3.63, 3.8) is 0 Å². The number of aromatic nitrogens is 1. The molecule has 38 heavy (non-hydrogen) atoms. The summed E-state index contributed by atoms with van der Waals surface area (Å²) in [6.45, 7) is 6.89. The van der Waals surface area contributed by atoms with Crippen LogP contribution >= 0.6 is 11.3 Å². The Hall–Kier alpha value is -3.21. The standard InChI is InChI=1S/C35H31GeNS/c1-35(2,3)30-20-26(19-24-8-6-7-9-27(24)30)33-34-29(15-17-37-33)28-12-10-23(21-32(28)38-34)22-11-13-31-25(18-22)14-16-36(31,4)5/h6-21H,1-5H3. The molecule has 0 fully saturated rings. The molecule has 0 bridgehead atoms. The topological polar surface area (TPSA) is 12.9 Å². The van der Waals surface area contributed by atoms with Crippen LogP contribution in [0.1, 0.15) is 31.9 Å². The molecule has 3 heteroatoms. The molecule has 3 heterocycles. The first-order chi connectivity index (χ1) is 18.2. The van der Waals surface area contributed by atoms with E-state index in [0.717, 1.165) is 5.69 Å². The smallest absolute Gasteiger partial charge is 0.0616 e. The van der Waals surface area contributed by atoms with Crippen LogP contribution in [0.2, 0.25) is 11.5 Å². The van der Waals surface area contributed by atoms with Gasteiger partial charge in [0.2, 0.25) is 0 Å². The number of pyridine rings is 1. The Kier molecular flexibility index (Phi) is 5.27. The van der Waals surface area contributed by atoms with Gasteiger partial charge in [0.15, 0.2) is 0 Å². The monoisotopic (exact) mass is 571 g/mol. The SMILES string of the molecule is CC(C)(C)c1cc(-c2nccc3c2sc2cc(-c4cc[c]5c(c4)C=[CH][Ge]5([CH3])[CH3])ccc23)cc2ccccc12. The molecule has 0 saturated carbocycles. The van der Waals surface area contributed by atoms with Crippen LogP contribution in [0.4, 0.5) is 0 Å². The molecule has 1 nitrogen and oxygen atoms in total. The van der Waals surface area contributed by atoms with E-state index in [2.05, 4.69) is 122 Å². The first-order valence-electron chi connectivity index (χ1n) is 13.4. The zero-order valence-electron chi connectivity index (χ0n) is 22.6. The van der Waals surface area contributed by atoms with Gasteiger partial charge in [-0.05, 0) is 21.8 Å². The summed E-state index contributed by atoms with van der Waals surface area (Å²) in [5, 5.41) is 5.20. The Balaban J connectivity index is 1.39. The second-order valence-electron chi connectivity index (χ2n) is 12.2. The number of hydrogen-bond acceptors (Lipinski definition) is 2. The molecule has 1 aliphatic rings. The first-order valence-corrected chi connectivity index (χ1v) is 20.7. The van der Waals surface area contributed by atoms with E-state index in [1.807, 2.05) is 17.5 Å². The van der Waals surface area contributed by atoms with Crippen LogP contribution in [0, 0.1) is 0 Å². The van der Waals surface area contributed by atoms with Gasteiger partial charge in [-0.25, -0.2) is 0 Å². The summed E-state index contributed by atoms with van der Waals surface area (Å²) in [7, 11) is 0. The fourth-order valence-corrected chi connectivity index (χ4v) is 11.9. The van der Waals surface area contributed by atoms with Gasteiger partial charge in [0.25, 0.3) is 0 Å².